The highest BCUT2D eigenvalue weighted by Crippen LogP contribution is 1.80. The Hall–Kier alpha value is -1.89. The summed E-state index contributed by atoms with van der Waals surface area (Å²) in [5, 5.41) is 10.4. The summed E-state index contributed by atoms with van der Waals surface area (Å²) in [5.41, 5.74) is 0.542. The summed E-state index contributed by atoms with van der Waals surface area (Å²) in [7, 11) is 1.64. The number of hydrogen-bond acceptors (Lipinski definition) is 5. The Balaban J connectivity index is 3.67. The summed E-state index contributed by atoms with van der Waals surface area (Å²) in [6, 6.07) is 0. The normalized spacial score (nSPS) is 9.44. The Morgan fingerprint density at radius 1 is 0.889 bits per heavy atom. The van der Waals surface area contributed by atoms with Crippen molar-refractivity contribution >= 4 is 17.6 Å². The summed E-state index contributed by atoms with van der Waals surface area (Å²) in [6.07, 6.45) is 0. The molecule has 4 N–H and O–H groups in total. The maximum Gasteiger partial charge on any atom is 0.239 e. The molecule has 0 heterocycles. The van der Waals surface area contributed by atoms with Gasteiger partial charge >= 0.3 is 0 Å². The van der Waals surface area contributed by atoms with E-state index in [4.69, 9.17) is 0 Å². The molecular formula is C11H20N4O3. The average Bonchev–Trinajstić information content (AvgIpc) is 2.31. The Morgan fingerprint density at radius 2 is 1.44 bits per heavy atom. The molecule has 7 heteroatoms. The van der Waals surface area contributed by atoms with Gasteiger partial charge in [0.15, 0.2) is 0 Å². The SMILES string of the molecule is C=C(CNC(=O)CNC(=O)CNC)NCC(C)=O. The van der Waals surface area contributed by atoms with E-state index in [0.717, 1.165) is 0 Å². The lowest BCUT2D eigenvalue weighted by Gasteiger charge is -2.10. The maximum atomic E-state index is 11.3. The minimum absolute atomic E-state index is 0.0122. The number of hydrogen-bond donors (Lipinski definition) is 4. The van der Waals surface area contributed by atoms with E-state index in [1.807, 2.05) is 0 Å². The average molecular weight is 256 g/mol. The van der Waals surface area contributed by atoms with Crippen LogP contribution in [0.2, 0.25) is 0 Å². The zero-order chi connectivity index (χ0) is 14.0. The number of carbonyl (C=O) groups excluding carboxylic acids is 3. The Kier molecular flexibility index (Phi) is 8.21. The van der Waals surface area contributed by atoms with Crippen LogP contribution < -0.4 is 21.3 Å². The molecule has 0 aromatic heterocycles. The van der Waals surface area contributed by atoms with Gasteiger partial charge in [0.1, 0.15) is 5.78 Å². The highest BCUT2D eigenvalue weighted by molar-refractivity contribution is 5.85. The Bertz CT molecular complexity index is 328. The van der Waals surface area contributed by atoms with Crippen molar-refractivity contribution in [3.05, 3.63) is 12.3 Å². The van der Waals surface area contributed by atoms with E-state index in [0.29, 0.717) is 5.70 Å². The third-order valence-electron chi connectivity index (χ3n) is 1.87. The number of rotatable bonds is 9. The molecule has 0 rings (SSSR count). The van der Waals surface area contributed by atoms with Crippen LogP contribution in [-0.2, 0) is 14.4 Å². The highest BCUT2D eigenvalue weighted by Gasteiger charge is 2.04. The largest absolute Gasteiger partial charge is 0.380 e. The predicted octanol–water partition coefficient (Wildman–Crippen LogP) is -1.87. The number of ketones is 1. The lowest BCUT2D eigenvalue weighted by Crippen LogP contribution is -2.41. The summed E-state index contributed by atoms with van der Waals surface area (Å²) < 4.78 is 0. The summed E-state index contributed by atoms with van der Waals surface area (Å²) in [6.45, 7) is 5.59. The number of carbonyl (C=O) groups is 3. The van der Waals surface area contributed by atoms with Gasteiger partial charge in [-0.3, -0.25) is 14.4 Å². The van der Waals surface area contributed by atoms with Gasteiger partial charge < -0.3 is 21.3 Å². The van der Waals surface area contributed by atoms with Crippen molar-refractivity contribution in [2.75, 3.05) is 33.2 Å². The lowest BCUT2D eigenvalue weighted by atomic mass is 10.4. The molecule has 18 heavy (non-hydrogen) atoms. The van der Waals surface area contributed by atoms with Crippen LogP contribution in [0, 0.1) is 0 Å². The standard InChI is InChI=1S/C11H20N4O3/c1-8(13-5-9(2)16)4-14-11(18)7-15-10(17)6-12-3/h12-13H,1,4-7H2,2-3H3,(H,14,18)(H,15,17). The zero-order valence-corrected chi connectivity index (χ0v) is 10.8. The first-order valence-corrected chi connectivity index (χ1v) is 5.54. The van der Waals surface area contributed by atoms with Crippen molar-refractivity contribution in [2.24, 2.45) is 0 Å². The van der Waals surface area contributed by atoms with E-state index in [9.17, 15) is 14.4 Å². The first-order valence-electron chi connectivity index (χ1n) is 5.54. The smallest absolute Gasteiger partial charge is 0.239 e. The fourth-order valence-corrected chi connectivity index (χ4v) is 0.982. The molecule has 0 bridgehead atoms. The molecule has 102 valence electrons. The summed E-state index contributed by atoms with van der Waals surface area (Å²) in [5.74, 6) is -0.576. The van der Waals surface area contributed by atoms with E-state index < -0.39 is 0 Å². The van der Waals surface area contributed by atoms with Gasteiger partial charge in [-0.15, -0.1) is 0 Å². The highest BCUT2D eigenvalue weighted by atomic mass is 16.2. The minimum atomic E-state index is -0.315. The molecule has 0 aliphatic heterocycles. The second-order valence-electron chi connectivity index (χ2n) is 3.74. The molecule has 7 nitrogen and oxygen atoms in total. The van der Waals surface area contributed by atoms with E-state index >= 15 is 0 Å². The number of Topliss-reactive ketones (excluding diaryl/α,β-unsaturated/α-hetero) is 1. The van der Waals surface area contributed by atoms with Crippen molar-refractivity contribution in [1.29, 1.82) is 0 Å². The molecule has 2 amide bonds. The van der Waals surface area contributed by atoms with Crippen LogP contribution in [0.25, 0.3) is 0 Å². The van der Waals surface area contributed by atoms with E-state index in [2.05, 4.69) is 27.8 Å². The first-order chi connectivity index (χ1) is 8.45. The van der Waals surface area contributed by atoms with E-state index in [1.54, 1.807) is 7.05 Å². The Morgan fingerprint density at radius 3 is 2.00 bits per heavy atom. The molecule has 0 unspecified atom stereocenters. The summed E-state index contributed by atoms with van der Waals surface area (Å²) in [4.78, 5) is 33.0. The fourth-order valence-electron chi connectivity index (χ4n) is 0.982. The van der Waals surface area contributed by atoms with Crippen LogP contribution in [0.3, 0.4) is 0 Å². The van der Waals surface area contributed by atoms with Gasteiger partial charge in [-0.1, -0.05) is 6.58 Å². The zero-order valence-electron chi connectivity index (χ0n) is 10.8. The predicted molar refractivity (Wildman–Crippen MR) is 67.8 cm³/mol. The topological polar surface area (TPSA) is 99.3 Å². The second-order valence-corrected chi connectivity index (χ2v) is 3.74. The first kappa shape index (κ1) is 16.1. The van der Waals surface area contributed by atoms with Crippen LogP contribution in [0.4, 0.5) is 0 Å². The van der Waals surface area contributed by atoms with E-state index in [1.165, 1.54) is 6.92 Å². The van der Waals surface area contributed by atoms with Gasteiger partial charge in [0, 0.05) is 5.70 Å². The molecule has 0 fully saturated rings. The van der Waals surface area contributed by atoms with Crippen LogP contribution >= 0.6 is 0 Å². The Labute approximate surface area is 106 Å². The molecule has 0 aromatic carbocycles. The van der Waals surface area contributed by atoms with Gasteiger partial charge in [-0.2, -0.15) is 0 Å². The summed E-state index contributed by atoms with van der Waals surface area (Å²) >= 11 is 0. The molecule has 0 saturated carbocycles. The van der Waals surface area contributed by atoms with Crippen molar-refractivity contribution in [3.8, 4) is 0 Å². The molecule has 0 saturated heterocycles. The third kappa shape index (κ3) is 9.34. The lowest BCUT2D eigenvalue weighted by molar-refractivity contribution is -0.125. The maximum absolute atomic E-state index is 11.3. The van der Waals surface area contributed by atoms with Crippen molar-refractivity contribution in [1.82, 2.24) is 21.3 Å². The van der Waals surface area contributed by atoms with Gasteiger partial charge in [0.2, 0.25) is 11.8 Å². The van der Waals surface area contributed by atoms with Crippen LogP contribution in [-0.4, -0.2) is 50.8 Å². The van der Waals surface area contributed by atoms with Crippen molar-refractivity contribution in [2.45, 2.75) is 6.92 Å². The van der Waals surface area contributed by atoms with Crippen molar-refractivity contribution in [3.63, 3.8) is 0 Å². The second kappa shape index (κ2) is 9.17. The van der Waals surface area contributed by atoms with Gasteiger partial charge in [-0.25, -0.2) is 0 Å². The number of amides is 2. The van der Waals surface area contributed by atoms with Gasteiger partial charge in [-0.05, 0) is 14.0 Å². The molecule has 0 aliphatic rings. The quantitative estimate of drug-likeness (QED) is 0.387. The van der Waals surface area contributed by atoms with Crippen LogP contribution in [0.1, 0.15) is 6.92 Å². The molecule has 0 radical (unpaired) electrons. The number of nitrogens with one attached hydrogen (secondary N) is 4. The van der Waals surface area contributed by atoms with Gasteiger partial charge in [0.25, 0.3) is 0 Å². The molecule has 0 atom stereocenters. The third-order valence-corrected chi connectivity index (χ3v) is 1.87. The molecule has 0 spiro atoms. The molecule has 0 aromatic rings. The van der Waals surface area contributed by atoms with E-state index in [-0.39, 0.29) is 43.8 Å². The van der Waals surface area contributed by atoms with Crippen molar-refractivity contribution < 1.29 is 14.4 Å². The number of likely N-dealkylation sites (N-methyl/N-ethyl adjacent to an activating group) is 1. The monoisotopic (exact) mass is 256 g/mol. The minimum Gasteiger partial charge on any atom is -0.380 e. The molecule has 0 aliphatic carbocycles. The fraction of sp³-hybridized carbons (Fsp3) is 0.545. The van der Waals surface area contributed by atoms with Gasteiger partial charge in [0.05, 0.1) is 26.2 Å². The van der Waals surface area contributed by atoms with Crippen LogP contribution in [0.15, 0.2) is 12.3 Å². The molecular weight excluding hydrogens is 236 g/mol. The van der Waals surface area contributed by atoms with Crippen LogP contribution in [0.5, 0.6) is 0 Å².